The van der Waals surface area contributed by atoms with Gasteiger partial charge in [0.15, 0.2) is 0 Å². The van der Waals surface area contributed by atoms with Gasteiger partial charge in [0.05, 0.1) is 17.9 Å². The van der Waals surface area contributed by atoms with Crippen LogP contribution in [0.15, 0.2) is 18.2 Å². The topological polar surface area (TPSA) is 95.9 Å². The fourth-order valence-corrected chi connectivity index (χ4v) is 2.26. The van der Waals surface area contributed by atoms with E-state index in [2.05, 4.69) is 5.32 Å². The van der Waals surface area contributed by atoms with Gasteiger partial charge in [0, 0.05) is 0 Å². The molecule has 1 aliphatic heterocycles. The average Bonchev–Trinajstić information content (AvgIpc) is 2.36. The highest BCUT2D eigenvalue weighted by Crippen LogP contribution is 2.30. The number of alkyl halides is 2. The standard InChI is InChI=1S/C13H14BF2NO5/c1-13(15,16)6-10(18)17-9-5-7-3-2-4-8(12(19)20)11(7)22-14(9)21/h2-4,9,21H,5-6H2,1H3,(H,17,18)(H,19,20)/t9-/m0/s1. The summed E-state index contributed by atoms with van der Waals surface area (Å²) in [7, 11) is -1.51. The number of carboxylic acid groups (broad SMARTS) is 1. The molecule has 3 N–H and O–H groups in total. The fourth-order valence-electron chi connectivity index (χ4n) is 2.26. The summed E-state index contributed by atoms with van der Waals surface area (Å²) in [5, 5.41) is 21.2. The highest BCUT2D eigenvalue weighted by atomic mass is 19.3. The van der Waals surface area contributed by atoms with E-state index in [0.717, 1.165) is 0 Å². The molecule has 1 aliphatic rings. The molecule has 0 aromatic heterocycles. The number of benzene rings is 1. The van der Waals surface area contributed by atoms with Crippen molar-refractivity contribution in [3.05, 3.63) is 29.3 Å². The highest BCUT2D eigenvalue weighted by molar-refractivity contribution is 6.47. The summed E-state index contributed by atoms with van der Waals surface area (Å²) in [6.07, 6.45) is -0.920. The van der Waals surface area contributed by atoms with Crippen LogP contribution in [0, 0.1) is 0 Å². The maximum absolute atomic E-state index is 12.8. The van der Waals surface area contributed by atoms with E-state index in [1.54, 1.807) is 6.07 Å². The summed E-state index contributed by atoms with van der Waals surface area (Å²) in [6.45, 7) is 0.620. The van der Waals surface area contributed by atoms with E-state index >= 15 is 0 Å². The number of hydrogen-bond acceptors (Lipinski definition) is 4. The molecule has 0 fully saturated rings. The molecule has 1 aromatic rings. The summed E-state index contributed by atoms with van der Waals surface area (Å²) in [5.41, 5.74) is 0.361. The number of hydrogen-bond donors (Lipinski definition) is 3. The third-order valence-electron chi connectivity index (χ3n) is 3.17. The normalized spacial score (nSPS) is 17.5. The predicted octanol–water partition coefficient (Wildman–Crippen LogP) is 0.869. The number of para-hydroxylation sites is 1. The zero-order chi connectivity index (χ0) is 16.5. The van der Waals surface area contributed by atoms with Crippen LogP contribution in [0.5, 0.6) is 5.75 Å². The number of carbonyl (C=O) groups is 2. The van der Waals surface area contributed by atoms with Gasteiger partial charge in [-0.05, 0) is 25.0 Å². The predicted molar refractivity (Wildman–Crippen MR) is 72.9 cm³/mol. The van der Waals surface area contributed by atoms with E-state index < -0.39 is 37.3 Å². The molecule has 0 saturated heterocycles. The molecule has 0 aliphatic carbocycles. The monoisotopic (exact) mass is 313 g/mol. The third kappa shape index (κ3) is 3.73. The molecule has 9 heteroatoms. The second-order valence-corrected chi connectivity index (χ2v) is 5.23. The Labute approximate surface area is 125 Å². The first-order valence-electron chi connectivity index (χ1n) is 6.54. The third-order valence-corrected chi connectivity index (χ3v) is 3.17. The number of nitrogens with one attached hydrogen (secondary N) is 1. The molecule has 1 heterocycles. The van der Waals surface area contributed by atoms with Crippen LogP contribution >= 0.6 is 0 Å². The Kier molecular flexibility index (Phi) is 4.36. The fraction of sp³-hybridized carbons (Fsp3) is 0.385. The van der Waals surface area contributed by atoms with Gasteiger partial charge in [-0.2, -0.15) is 0 Å². The van der Waals surface area contributed by atoms with Crippen LogP contribution < -0.4 is 9.97 Å². The van der Waals surface area contributed by atoms with Crippen LogP contribution in [0.4, 0.5) is 8.78 Å². The van der Waals surface area contributed by atoms with Gasteiger partial charge in [-0.1, -0.05) is 12.1 Å². The van der Waals surface area contributed by atoms with Gasteiger partial charge in [-0.3, -0.25) is 4.79 Å². The largest absolute Gasteiger partial charge is 0.547 e. The lowest BCUT2D eigenvalue weighted by molar-refractivity contribution is -0.127. The first kappa shape index (κ1) is 16.2. The zero-order valence-corrected chi connectivity index (χ0v) is 11.7. The molecule has 0 saturated carbocycles. The average molecular weight is 313 g/mol. The van der Waals surface area contributed by atoms with Gasteiger partial charge in [-0.15, -0.1) is 0 Å². The Morgan fingerprint density at radius 3 is 2.77 bits per heavy atom. The van der Waals surface area contributed by atoms with Crippen LogP contribution in [0.3, 0.4) is 0 Å². The highest BCUT2D eigenvalue weighted by Gasteiger charge is 2.38. The van der Waals surface area contributed by atoms with Crippen LogP contribution in [0.2, 0.25) is 0 Å². The molecule has 1 aromatic carbocycles. The molecule has 118 valence electrons. The number of fused-ring (bicyclic) bond motifs is 1. The van der Waals surface area contributed by atoms with Crippen LogP contribution in [0.25, 0.3) is 0 Å². The van der Waals surface area contributed by atoms with Crippen molar-refractivity contribution in [1.82, 2.24) is 5.32 Å². The molecular formula is C13H14BF2NO5. The van der Waals surface area contributed by atoms with Gasteiger partial charge < -0.3 is 20.1 Å². The van der Waals surface area contributed by atoms with Gasteiger partial charge in [0.2, 0.25) is 5.91 Å². The van der Waals surface area contributed by atoms with Gasteiger partial charge in [0.1, 0.15) is 5.75 Å². The molecule has 0 bridgehead atoms. The minimum absolute atomic E-state index is 0.0221. The van der Waals surface area contributed by atoms with Crippen molar-refractivity contribution in [3.63, 3.8) is 0 Å². The van der Waals surface area contributed by atoms with Crippen molar-refractivity contribution in [1.29, 1.82) is 0 Å². The van der Waals surface area contributed by atoms with Gasteiger partial charge in [-0.25, -0.2) is 13.6 Å². The van der Waals surface area contributed by atoms with E-state index in [1.807, 2.05) is 0 Å². The smallest absolute Gasteiger partial charge is 0.534 e. The molecule has 0 unspecified atom stereocenters. The number of halogens is 2. The van der Waals surface area contributed by atoms with Crippen molar-refractivity contribution in [2.24, 2.45) is 0 Å². The van der Waals surface area contributed by atoms with Gasteiger partial charge >= 0.3 is 13.1 Å². The minimum Gasteiger partial charge on any atom is -0.534 e. The molecule has 0 radical (unpaired) electrons. The Balaban J connectivity index is 2.14. The lowest BCUT2D eigenvalue weighted by atomic mass is 9.72. The lowest BCUT2D eigenvalue weighted by Crippen LogP contribution is -2.53. The maximum atomic E-state index is 12.8. The van der Waals surface area contributed by atoms with Crippen LogP contribution in [0.1, 0.15) is 29.3 Å². The number of carboxylic acids is 1. The van der Waals surface area contributed by atoms with E-state index in [4.69, 9.17) is 9.76 Å². The first-order chi connectivity index (χ1) is 10.2. The number of rotatable bonds is 4. The summed E-state index contributed by atoms with van der Waals surface area (Å²) in [4.78, 5) is 22.6. The van der Waals surface area contributed by atoms with Gasteiger partial charge in [0.25, 0.3) is 5.92 Å². The number of amides is 1. The van der Waals surface area contributed by atoms with Crippen LogP contribution in [-0.2, 0) is 11.2 Å². The Morgan fingerprint density at radius 1 is 1.50 bits per heavy atom. The second kappa shape index (κ2) is 5.92. The summed E-state index contributed by atoms with van der Waals surface area (Å²) < 4.78 is 30.7. The number of carbonyl (C=O) groups excluding carboxylic acids is 1. The maximum Gasteiger partial charge on any atom is 0.547 e. The van der Waals surface area contributed by atoms with Crippen molar-refractivity contribution in [2.75, 3.05) is 0 Å². The molecular weight excluding hydrogens is 299 g/mol. The summed E-state index contributed by atoms with van der Waals surface area (Å²) >= 11 is 0. The SMILES string of the molecule is CC(F)(F)CC(=O)N[C@H]1Cc2cccc(C(=O)O)c2OB1O. The molecule has 22 heavy (non-hydrogen) atoms. The van der Waals surface area contributed by atoms with E-state index in [1.165, 1.54) is 12.1 Å². The first-order valence-corrected chi connectivity index (χ1v) is 6.54. The molecule has 2 rings (SSSR count). The molecule has 1 amide bonds. The number of aromatic carboxylic acids is 1. The van der Waals surface area contributed by atoms with Crippen LogP contribution in [-0.4, -0.2) is 41.0 Å². The Hall–Kier alpha value is -2.16. The van der Waals surface area contributed by atoms with E-state index in [9.17, 15) is 23.4 Å². The molecule has 0 spiro atoms. The van der Waals surface area contributed by atoms with Crippen molar-refractivity contribution < 1.29 is 33.2 Å². The Bertz CT molecular complexity index is 605. The minimum atomic E-state index is -3.15. The molecule has 6 nitrogen and oxygen atoms in total. The molecule has 1 atom stereocenters. The van der Waals surface area contributed by atoms with E-state index in [-0.39, 0.29) is 17.7 Å². The summed E-state index contributed by atoms with van der Waals surface area (Å²) in [6, 6.07) is 4.41. The lowest BCUT2D eigenvalue weighted by Gasteiger charge is -2.29. The van der Waals surface area contributed by atoms with Crippen molar-refractivity contribution in [3.8, 4) is 5.75 Å². The van der Waals surface area contributed by atoms with E-state index in [0.29, 0.717) is 12.5 Å². The Morgan fingerprint density at radius 2 is 2.18 bits per heavy atom. The zero-order valence-electron chi connectivity index (χ0n) is 11.7. The second-order valence-electron chi connectivity index (χ2n) is 5.23. The quantitative estimate of drug-likeness (QED) is 0.717. The van der Waals surface area contributed by atoms with Crippen molar-refractivity contribution in [2.45, 2.75) is 31.6 Å². The van der Waals surface area contributed by atoms with Crippen molar-refractivity contribution >= 4 is 19.0 Å². The summed E-state index contributed by atoms with van der Waals surface area (Å²) in [5.74, 6) is -6.19.